The zero-order valence-corrected chi connectivity index (χ0v) is 13.4. The summed E-state index contributed by atoms with van der Waals surface area (Å²) in [5.41, 5.74) is 2.54. The third-order valence-electron chi connectivity index (χ3n) is 3.99. The summed E-state index contributed by atoms with van der Waals surface area (Å²) < 4.78 is 6.23. The summed E-state index contributed by atoms with van der Waals surface area (Å²) in [5, 5.41) is 9.87. The van der Waals surface area contributed by atoms with Crippen molar-refractivity contribution in [3.8, 4) is 5.75 Å². The number of benzene rings is 2. The number of ether oxygens (including phenoxy) is 1. The Kier molecular flexibility index (Phi) is 4.08. The highest BCUT2D eigenvalue weighted by Crippen LogP contribution is 2.17. The topological polar surface area (TPSA) is 68.5 Å². The minimum Gasteiger partial charge on any atom is -0.497 e. The smallest absolute Gasteiger partial charge is 0.416 e. The van der Waals surface area contributed by atoms with Crippen LogP contribution in [0.4, 0.5) is 4.79 Å². The number of fused-ring (bicyclic) bond motifs is 1. The minimum absolute atomic E-state index is 0.137. The number of nitrogens with zero attached hydrogens (tertiary/aromatic N) is 1. The second kappa shape index (κ2) is 6.20. The molecular formula is C19H17NO4. The van der Waals surface area contributed by atoms with Crippen LogP contribution in [0.2, 0.25) is 0 Å². The van der Waals surface area contributed by atoms with E-state index < -0.39 is 6.09 Å². The molecule has 5 nitrogen and oxygen atoms in total. The van der Waals surface area contributed by atoms with Crippen LogP contribution in [0.15, 0.2) is 53.5 Å². The van der Waals surface area contributed by atoms with Crippen molar-refractivity contribution in [3.05, 3.63) is 75.6 Å². The first-order valence-corrected chi connectivity index (χ1v) is 7.50. The Bertz CT molecular complexity index is 971. The molecule has 2 aromatic carbocycles. The van der Waals surface area contributed by atoms with Crippen LogP contribution in [-0.2, 0) is 6.42 Å². The SMILES string of the molecule is COc1ccc(Cc2cn(C(=O)O)c3ccc(C)cc3c2=O)cc1. The number of methoxy groups -OCH3 is 1. The molecule has 0 fully saturated rings. The number of carbonyl (C=O) groups is 1. The summed E-state index contributed by atoms with van der Waals surface area (Å²) >= 11 is 0. The van der Waals surface area contributed by atoms with Crippen LogP contribution < -0.4 is 10.2 Å². The molecule has 0 radical (unpaired) electrons. The van der Waals surface area contributed by atoms with E-state index in [2.05, 4.69) is 0 Å². The van der Waals surface area contributed by atoms with E-state index in [0.717, 1.165) is 21.4 Å². The van der Waals surface area contributed by atoms with Crippen LogP contribution in [0.25, 0.3) is 10.9 Å². The maximum atomic E-state index is 12.8. The van der Waals surface area contributed by atoms with E-state index in [-0.39, 0.29) is 5.43 Å². The number of pyridine rings is 1. The molecule has 0 aliphatic heterocycles. The van der Waals surface area contributed by atoms with Gasteiger partial charge in [-0.3, -0.25) is 9.36 Å². The molecule has 0 aliphatic carbocycles. The number of aromatic nitrogens is 1. The van der Waals surface area contributed by atoms with Crippen LogP contribution in [0.5, 0.6) is 5.75 Å². The summed E-state index contributed by atoms with van der Waals surface area (Å²) in [7, 11) is 1.59. The van der Waals surface area contributed by atoms with Crippen LogP contribution in [0, 0.1) is 6.92 Å². The number of hydrogen-bond acceptors (Lipinski definition) is 3. The quantitative estimate of drug-likeness (QED) is 0.802. The number of hydrogen-bond donors (Lipinski definition) is 1. The van der Waals surface area contributed by atoms with Gasteiger partial charge in [-0.05, 0) is 36.8 Å². The molecule has 0 spiro atoms. The number of carboxylic acid groups (broad SMARTS) is 1. The van der Waals surface area contributed by atoms with E-state index in [1.165, 1.54) is 6.20 Å². The Morgan fingerprint density at radius 3 is 2.50 bits per heavy atom. The Labute approximate surface area is 138 Å². The Morgan fingerprint density at radius 1 is 1.17 bits per heavy atom. The molecule has 3 rings (SSSR count). The molecule has 0 atom stereocenters. The number of rotatable bonds is 3. The average molecular weight is 323 g/mol. The minimum atomic E-state index is -1.11. The largest absolute Gasteiger partial charge is 0.497 e. The van der Waals surface area contributed by atoms with Gasteiger partial charge in [0.2, 0.25) is 0 Å². The summed E-state index contributed by atoms with van der Waals surface area (Å²) in [4.78, 5) is 24.3. The summed E-state index contributed by atoms with van der Waals surface area (Å²) in [6, 6.07) is 12.6. The second-order valence-corrected chi connectivity index (χ2v) is 5.68. The van der Waals surface area contributed by atoms with E-state index in [1.54, 1.807) is 25.3 Å². The molecule has 0 bridgehead atoms. The van der Waals surface area contributed by atoms with E-state index in [1.807, 2.05) is 31.2 Å². The molecular weight excluding hydrogens is 306 g/mol. The first-order chi connectivity index (χ1) is 11.5. The molecule has 0 saturated carbocycles. The highest BCUT2D eigenvalue weighted by Gasteiger charge is 2.13. The van der Waals surface area contributed by atoms with Crippen molar-refractivity contribution >= 4 is 17.0 Å². The molecule has 0 unspecified atom stereocenters. The Balaban J connectivity index is 2.14. The third kappa shape index (κ3) is 2.88. The van der Waals surface area contributed by atoms with Crippen molar-refractivity contribution in [1.29, 1.82) is 0 Å². The van der Waals surface area contributed by atoms with Gasteiger partial charge >= 0.3 is 6.09 Å². The molecule has 1 heterocycles. The molecule has 122 valence electrons. The Morgan fingerprint density at radius 2 is 1.88 bits per heavy atom. The van der Waals surface area contributed by atoms with Crippen LogP contribution in [0.1, 0.15) is 16.7 Å². The van der Waals surface area contributed by atoms with Gasteiger partial charge in [0.05, 0.1) is 12.6 Å². The van der Waals surface area contributed by atoms with E-state index in [4.69, 9.17) is 4.74 Å². The van der Waals surface area contributed by atoms with Crippen molar-refractivity contribution < 1.29 is 14.6 Å². The van der Waals surface area contributed by atoms with E-state index in [9.17, 15) is 14.7 Å². The second-order valence-electron chi connectivity index (χ2n) is 5.68. The molecule has 1 N–H and O–H groups in total. The van der Waals surface area contributed by atoms with Gasteiger partial charge in [-0.15, -0.1) is 0 Å². The Hall–Kier alpha value is -3.08. The predicted octanol–water partition coefficient (Wildman–Crippen LogP) is 3.44. The van der Waals surface area contributed by atoms with Gasteiger partial charge in [0.15, 0.2) is 5.43 Å². The first kappa shape index (κ1) is 15.8. The lowest BCUT2D eigenvalue weighted by atomic mass is 10.0. The number of aryl methyl sites for hydroxylation is 1. The molecule has 0 saturated heterocycles. The zero-order chi connectivity index (χ0) is 17.3. The fourth-order valence-electron chi connectivity index (χ4n) is 2.75. The van der Waals surface area contributed by atoms with Gasteiger partial charge in [0.1, 0.15) is 5.75 Å². The molecule has 3 aromatic rings. The van der Waals surface area contributed by atoms with Crippen LogP contribution in [0.3, 0.4) is 0 Å². The monoisotopic (exact) mass is 323 g/mol. The predicted molar refractivity (Wildman–Crippen MR) is 92.2 cm³/mol. The fraction of sp³-hybridized carbons (Fsp3) is 0.158. The zero-order valence-electron chi connectivity index (χ0n) is 13.4. The first-order valence-electron chi connectivity index (χ1n) is 7.50. The van der Waals surface area contributed by atoms with Crippen molar-refractivity contribution in [3.63, 3.8) is 0 Å². The van der Waals surface area contributed by atoms with Crippen LogP contribution in [-0.4, -0.2) is 22.9 Å². The van der Waals surface area contributed by atoms with Gasteiger partial charge in [0, 0.05) is 23.6 Å². The summed E-state index contributed by atoms with van der Waals surface area (Å²) in [5.74, 6) is 0.732. The molecule has 0 aliphatic rings. The normalized spacial score (nSPS) is 10.8. The summed E-state index contributed by atoms with van der Waals surface area (Å²) in [6.45, 7) is 1.88. The van der Waals surface area contributed by atoms with Gasteiger partial charge < -0.3 is 9.84 Å². The maximum Gasteiger partial charge on any atom is 0.416 e. The van der Waals surface area contributed by atoms with E-state index >= 15 is 0 Å². The highest BCUT2D eigenvalue weighted by atomic mass is 16.5. The lowest BCUT2D eigenvalue weighted by Gasteiger charge is -2.10. The van der Waals surface area contributed by atoms with Crippen molar-refractivity contribution in [2.24, 2.45) is 0 Å². The van der Waals surface area contributed by atoms with Gasteiger partial charge in [-0.2, -0.15) is 0 Å². The average Bonchev–Trinajstić information content (AvgIpc) is 2.58. The lowest BCUT2D eigenvalue weighted by Crippen LogP contribution is -2.19. The van der Waals surface area contributed by atoms with Crippen molar-refractivity contribution in [1.82, 2.24) is 4.57 Å². The van der Waals surface area contributed by atoms with Gasteiger partial charge in [0.25, 0.3) is 0 Å². The highest BCUT2D eigenvalue weighted by molar-refractivity contribution is 5.88. The molecule has 24 heavy (non-hydrogen) atoms. The standard InChI is InChI=1S/C19H17NO4/c1-12-3-8-17-16(9-12)18(21)14(11-20(17)19(22)23)10-13-4-6-15(24-2)7-5-13/h3-9,11H,10H2,1-2H3,(H,22,23). The molecule has 5 heteroatoms. The van der Waals surface area contributed by atoms with Crippen molar-refractivity contribution in [2.75, 3.05) is 7.11 Å². The van der Waals surface area contributed by atoms with E-state index in [0.29, 0.717) is 22.9 Å². The van der Waals surface area contributed by atoms with Gasteiger partial charge in [-0.1, -0.05) is 23.8 Å². The summed E-state index contributed by atoms with van der Waals surface area (Å²) in [6.07, 6.45) is 0.659. The lowest BCUT2D eigenvalue weighted by molar-refractivity contribution is 0.197. The van der Waals surface area contributed by atoms with Crippen molar-refractivity contribution in [2.45, 2.75) is 13.3 Å². The molecule has 0 amide bonds. The fourth-order valence-corrected chi connectivity index (χ4v) is 2.75. The van der Waals surface area contributed by atoms with Gasteiger partial charge in [-0.25, -0.2) is 4.79 Å². The maximum absolute atomic E-state index is 12.8. The molecule has 1 aromatic heterocycles. The third-order valence-corrected chi connectivity index (χ3v) is 3.99. The van der Waals surface area contributed by atoms with Crippen LogP contribution >= 0.6 is 0 Å².